The van der Waals surface area contributed by atoms with Crippen molar-refractivity contribution in [3.05, 3.63) is 0 Å². The molecule has 1 saturated heterocycles. The van der Waals surface area contributed by atoms with E-state index in [1.54, 1.807) is 0 Å². The highest BCUT2D eigenvalue weighted by atomic mass is 35.5. The molecule has 2 nitrogen and oxygen atoms in total. The molecule has 1 aliphatic carbocycles. The highest BCUT2D eigenvalue weighted by Crippen LogP contribution is 2.38. The predicted molar refractivity (Wildman–Crippen MR) is 70.1 cm³/mol. The second-order valence-electron chi connectivity index (χ2n) is 5.12. The lowest BCUT2D eigenvalue weighted by Crippen LogP contribution is -2.40. The second kappa shape index (κ2) is 5.63. The van der Waals surface area contributed by atoms with Crippen LogP contribution in [-0.2, 0) is 4.79 Å². The highest BCUT2D eigenvalue weighted by Gasteiger charge is 2.34. The molecular formula is C12H20ClNOS. The molecule has 2 fully saturated rings. The fourth-order valence-corrected chi connectivity index (χ4v) is 4.23. The van der Waals surface area contributed by atoms with Crippen LogP contribution >= 0.6 is 23.4 Å². The molecule has 1 N–H and O–H groups in total. The molecule has 16 heavy (non-hydrogen) atoms. The zero-order valence-electron chi connectivity index (χ0n) is 9.64. The van der Waals surface area contributed by atoms with Gasteiger partial charge in [-0.2, -0.15) is 11.8 Å². The van der Waals surface area contributed by atoms with Crippen LogP contribution in [0.2, 0.25) is 0 Å². The van der Waals surface area contributed by atoms with Crippen molar-refractivity contribution in [1.82, 2.24) is 5.32 Å². The van der Waals surface area contributed by atoms with Crippen molar-refractivity contribution in [3.8, 4) is 0 Å². The maximum atomic E-state index is 11.9. The van der Waals surface area contributed by atoms with Crippen molar-refractivity contribution >= 4 is 29.3 Å². The Morgan fingerprint density at radius 2 is 2.19 bits per heavy atom. The van der Waals surface area contributed by atoms with Crippen molar-refractivity contribution in [3.63, 3.8) is 0 Å². The van der Waals surface area contributed by atoms with Crippen LogP contribution in [0.5, 0.6) is 0 Å². The van der Waals surface area contributed by atoms with Gasteiger partial charge in [0.2, 0.25) is 5.91 Å². The summed E-state index contributed by atoms with van der Waals surface area (Å²) < 4.78 is 0. The van der Waals surface area contributed by atoms with Gasteiger partial charge in [-0.15, -0.1) is 11.6 Å². The molecule has 0 aromatic carbocycles. The topological polar surface area (TPSA) is 29.1 Å². The van der Waals surface area contributed by atoms with Gasteiger partial charge < -0.3 is 5.32 Å². The SMILES string of the molecule is O=C(NCC1(CCl)CCCC1)C1CCSC1. The average Bonchev–Trinajstić information content (AvgIpc) is 2.98. The van der Waals surface area contributed by atoms with Gasteiger partial charge in [-0.05, 0) is 25.0 Å². The summed E-state index contributed by atoms with van der Waals surface area (Å²) in [6.07, 6.45) is 5.93. The number of hydrogen-bond acceptors (Lipinski definition) is 2. The van der Waals surface area contributed by atoms with Gasteiger partial charge in [0.1, 0.15) is 0 Å². The van der Waals surface area contributed by atoms with E-state index in [-0.39, 0.29) is 17.2 Å². The summed E-state index contributed by atoms with van der Waals surface area (Å²) in [6, 6.07) is 0. The van der Waals surface area contributed by atoms with E-state index in [2.05, 4.69) is 5.32 Å². The van der Waals surface area contributed by atoms with Crippen LogP contribution in [0, 0.1) is 11.3 Å². The van der Waals surface area contributed by atoms with Crippen LogP contribution in [0.15, 0.2) is 0 Å². The Morgan fingerprint density at radius 3 is 2.75 bits per heavy atom. The summed E-state index contributed by atoms with van der Waals surface area (Å²) in [5.74, 6) is 3.32. The molecule has 1 amide bonds. The van der Waals surface area contributed by atoms with Crippen LogP contribution < -0.4 is 5.32 Å². The maximum Gasteiger partial charge on any atom is 0.223 e. The van der Waals surface area contributed by atoms with Crippen molar-refractivity contribution in [2.45, 2.75) is 32.1 Å². The minimum absolute atomic E-state index is 0.197. The molecular weight excluding hydrogens is 242 g/mol. The molecule has 1 heterocycles. The zero-order valence-corrected chi connectivity index (χ0v) is 11.2. The fourth-order valence-electron chi connectivity index (χ4n) is 2.64. The Kier molecular flexibility index (Phi) is 4.42. The molecule has 0 aromatic rings. The lowest BCUT2D eigenvalue weighted by atomic mass is 9.88. The highest BCUT2D eigenvalue weighted by molar-refractivity contribution is 7.99. The first-order chi connectivity index (χ1) is 7.76. The number of carbonyl (C=O) groups excluding carboxylic acids is 1. The third kappa shape index (κ3) is 2.86. The van der Waals surface area contributed by atoms with E-state index < -0.39 is 0 Å². The van der Waals surface area contributed by atoms with E-state index in [0.29, 0.717) is 5.88 Å². The summed E-state index contributed by atoms with van der Waals surface area (Å²) in [5, 5.41) is 3.12. The van der Waals surface area contributed by atoms with Gasteiger partial charge in [-0.3, -0.25) is 4.79 Å². The van der Waals surface area contributed by atoms with Gasteiger partial charge in [-0.1, -0.05) is 12.8 Å². The molecule has 0 aromatic heterocycles. The van der Waals surface area contributed by atoms with Crippen LogP contribution in [0.1, 0.15) is 32.1 Å². The van der Waals surface area contributed by atoms with Gasteiger partial charge in [0, 0.05) is 29.5 Å². The number of hydrogen-bond donors (Lipinski definition) is 1. The van der Waals surface area contributed by atoms with Gasteiger partial charge in [-0.25, -0.2) is 0 Å². The number of carbonyl (C=O) groups is 1. The molecule has 1 aliphatic heterocycles. The van der Waals surface area contributed by atoms with Gasteiger partial charge in [0.15, 0.2) is 0 Å². The Labute approximate surface area is 107 Å². The Hall–Kier alpha value is 0.110. The van der Waals surface area contributed by atoms with Crippen LogP contribution in [0.3, 0.4) is 0 Å². The Bertz CT molecular complexity index is 247. The summed E-state index contributed by atoms with van der Waals surface area (Å²) in [4.78, 5) is 11.9. The normalized spacial score (nSPS) is 28.2. The van der Waals surface area contributed by atoms with Crippen LogP contribution in [0.25, 0.3) is 0 Å². The number of amides is 1. The third-order valence-electron chi connectivity index (χ3n) is 3.89. The summed E-state index contributed by atoms with van der Waals surface area (Å²) in [5.41, 5.74) is 0.197. The van der Waals surface area contributed by atoms with E-state index in [9.17, 15) is 4.79 Å². The minimum Gasteiger partial charge on any atom is -0.355 e. The van der Waals surface area contributed by atoms with E-state index in [4.69, 9.17) is 11.6 Å². The molecule has 2 rings (SSSR count). The molecule has 0 spiro atoms. The van der Waals surface area contributed by atoms with Gasteiger partial charge in [0.25, 0.3) is 0 Å². The van der Waals surface area contributed by atoms with E-state index in [1.165, 1.54) is 25.7 Å². The summed E-state index contributed by atoms with van der Waals surface area (Å²) in [6.45, 7) is 0.788. The lowest BCUT2D eigenvalue weighted by Gasteiger charge is -2.27. The zero-order chi connectivity index (χ0) is 11.4. The first kappa shape index (κ1) is 12.6. The van der Waals surface area contributed by atoms with Gasteiger partial charge >= 0.3 is 0 Å². The maximum absolute atomic E-state index is 11.9. The van der Waals surface area contributed by atoms with Crippen molar-refractivity contribution < 1.29 is 4.79 Å². The molecule has 4 heteroatoms. The van der Waals surface area contributed by atoms with Crippen LogP contribution in [0.4, 0.5) is 0 Å². The summed E-state index contributed by atoms with van der Waals surface area (Å²) >= 11 is 7.94. The first-order valence-corrected chi connectivity index (χ1v) is 7.86. The second-order valence-corrected chi connectivity index (χ2v) is 6.54. The van der Waals surface area contributed by atoms with Crippen LogP contribution in [-0.4, -0.2) is 29.8 Å². The first-order valence-electron chi connectivity index (χ1n) is 6.17. The quantitative estimate of drug-likeness (QED) is 0.789. The molecule has 92 valence electrons. The number of alkyl halides is 1. The smallest absolute Gasteiger partial charge is 0.223 e. The Balaban J connectivity index is 1.79. The van der Waals surface area contributed by atoms with E-state index >= 15 is 0 Å². The molecule has 2 aliphatic rings. The molecule has 1 saturated carbocycles. The van der Waals surface area contributed by atoms with Gasteiger partial charge in [0.05, 0.1) is 0 Å². The largest absolute Gasteiger partial charge is 0.355 e. The van der Waals surface area contributed by atoms with Crippen molar-refractivity contribution in [1.29, 1.82) is 0 Å². The fraction of sp³-hybridized carbons (Fsp3) is 0.917. The van der Waals surface area contributed by atoms with Crippen molar-refractivity contribution in [2.24, 2.45) is 11.3 Å². The summed E-state index contributed by atoms with van der Waals surface area (Å²) in [7, 11) is 0. The molecule has 0 bridgehead atoms. The number of nitrogens with one attached hydrogen (secondary N) is 1. The number of halogens is 1. The molecule has 1 unspecified atom stereocenters. The predicted octanol–water partition coefficient (Wildman–Crippen LogP) is 2.65. The molecule has 1 atom stereocenters. The van der Waals surface area contributed by atoms with E-state index in [1.807, 2.05) is 11.8 Å². The number of rotatable bonds is 4. The van der Waals surface area contributed by atoms with Crippen molar-refractivity contribution in [2.75, 3.05) is 23.9 Å². The average molecular weight is 262 g/mol. The Morgan fingerprint density at radius 1 is 1.44 bits per heavy atom. The lowest BCUT2D eigenvalue weighted by molar-refractivity contribution is -0.124. The standard InChI is InChI=1S/C12H20ClNOS/c13-8-12(4-1-2-5-12)9-14-11(15)10-3-6-16-7-10/h10H,1-9H2,(H,14,15). The number of thioether (sulfide) groups is 1. The van der Waals surface area contributed by atoms with E-state index in [0.717, 1.165) is 24.5 Å². The molecule has 0 radical (unpaired) electrons. The minimum atomic E-state index is 0.197. The third-order valence-corrected chi connectivity index (χ3v) is 5.62. The monoisotopic (exact) mass is 261 g/mol.